The molecule has 1 unspecified atom stereocenters. The number of esters is 1. The molecule has 0 spiro atoms. The topological polar surface area (TPSA) is 63.6 Å². The summed E-state index contributed by atoms with van der Waals surface area (Å²) in [5.74, 6) is -1.79. The van der Waals surface area contributed by atoms with E-state index in [1.54, 1.807) is 13.8 Å². The van der Waals surface area contributed by atoms with Crippen molar-refractivity contribution in [1.29, 1.82) is 0 Å². The molecular weight excluding hydrogens is 280 g/mol. The molecule has 0 heterocycles. The fourth-order valence-electron chi connectivity index (χ4n) is 2.54. The average molecular weight is 314 g/mol. The standard InChI is InChI=1S/C18H34O4/c1-4-5-6-7-8-9-10-11-12-13-16(14-17(19)20)18(21)22-15(2)3/h15-16H,4-14H2,1-3H3,(H,19,20). The molecule has 0 aliphatic carbocycles. The van der Waals surface area contributed by atoms with E-state index in [1.165, 1.54) is 44.9 Å². The number of hydrogen-bond donors (Lipinski definition) is 1. The van der Waals surface area contributed by atoms with Crippen LogP contribution in [0.3, 0.4) is 0 Å². The first kappa shape index (κ1) is 20.9. The predicted octanol–water partition coefficient (Wildman–Crippen LogP) is 4.95. The zero-order valence-corrected chi connectivity index (χ0v) is 14.6. The summed E-state index contributed by atoms with van der Waals surface area (Å²) in [4.78, 5) is 22.7. The fourth-order valence-corrected chi connectivity index (χ4v) is 2.54. The van der Waals surface area contributed by atoms with E-state index in [1.807, 2.05) is 0 Å². The maximum atomic E-state index is 11.9. The Morgan fingerprint density at radius 2 is 1.41 bits per heavy atom. The largest absolute Gasteiger partial charge is 0.481 e. The summed E-state index contributed by atoms with van der Waals surface area (Å²) < 4.78 is 5.14. The minimum atomic E-state index is -0.929. The molecule has 0 fully saturated rings. The molecule has 0 aliphatic rings. The van der Waals surface area contributed by atoms with Gasteiger partial charge in [-0.3, -0.25) is 9.59 Å². The summed E-state index contributed by atoms with van der Waals surface area (Å²) in [5.41, 5.74) is 0. The number of aliphatic carboxylic acids is 1. The van der Waals surface area contributed by atoms with E-state index >= 15 is 0 Å². The second kappa shape index (κ2) is 13.6. The number of carbonyl (C=O) groups excluding carboxylic acids is 1. The highest BCUT2D eigenvalue weighted by atomic mass is 16.5. The van der Waals surface area contributed by atoms with Gasteiger partial charge in [-0.05, 0) is 20.3 Å². The third kappa shape index (κ3) is 12.7. The first-order chi connectivity index (χ1) is 10.5. The molecule has 0 aromatic rings. The van der Waals surface area contributed by atoms with Crippen molar-refractivity contribution >= 4 is 11.9 Å². The van der Waals surface area contributed by atoms with Crippen LogP contribution in [0.15, 0.2) is 0 Å². The maximum absolute atomic E-state index is 11.9. The predicted molar refractivity (Wildman–Crippen MR) is 88.8 cm³/mol. The normalized spacial score (nSPS) is 12.4. The Hall–Kier alpha value is -1.06. The molecule has 22 heavy (non-hydrogen) atoms. The average Bonchev–Trinajstić information content (AvgIpc) is 2.43. The van der Waals surface area contributed by atoms with Gasteiger partial charge in [0, 0.05) is 0 Å². The van der Waals surface area contributed by atoms with Crippen LogP contribution in [0.25, 0.3) is 0 Å². The second-order valence-electron chi connectivity index (χ2n) is 6.40. The van der Waals surface area contributed by atoms with E-state index < -0.39 is 11.9 Å². The Bertz CT molecular complexity index is 299. The molecule has 4 heteroatoms. The molecule has 0 aromatic carbocycles. The van der Waals surface area contributed by atoms with Crippen molar-refractivity contribution in [1.82, 2.24) is 0 Å². The number of rotatable bonds is 14. The summed E-state index contributed by atoms with van der Waals surface area (Å²) in [6, 6.07) is 0. The number of ether oxygens (including phenoxy) is 1. The number of carboxylic acid groups (broad SMARTS) is 1. The van der Waals surface area contributed by atoms with E-state index in [-0.39, 0.29) is 18.5 Å². The number of carbonyl (C=O) groups is 2. The molecule has 1 N–H and O–H groups in total. The van der Waals surface area contributed by atoms with E-state index in [0.29, 0.717) is 6.42 Å². The summed E-state index contributed by atoms with van der Waals surface area (Å²) in [6.07, 6.45) is 11.2. The summed E-state index contributed by atoms with van der Waals surface area (Å²) in [7, 11) is 0. The van der Waals surface area contributed by atoms with Gasteiger partial charge in [-0.25, -0.2) is 0 Å². The third-order valence-corrected chi connectivity index (χ3v) is 3.76. The molecule has 0 amide bonds. The Balaban J connectivity index is 3.80. The van der Waals surface area contributed by atoms with E-state index in [2.05, 4.69) is 6.92 Å². The van der Waals surface area contributed by atoms with Crippen LogP contribution in [0.5, 0.6) is 0 Å². The maximum Gasteiger partial charge on any atom is 0.309 e. The second-order valence-corrected chi connectivity index (χ2v) is 6.40. The third-order valence-electron chi connectivity index (χ3n) is 3.76. The van der Waals surface area contributed by atoms with Crippen LogP contribution in [-0.2, 0) is 14.3 Å². The quantitative estimate of drug-likeness (QED) is 0.364. The molecule has 0 rings (SSSR count). The summed E-state index contributed by atoms with van der Waals surface area (Å²) in [6.45, 7) is 5.79. The molecular formula is C18H34O4. The zero-order chi connectivity index (χ0) is 16.8. The number of unbranched alkanes of at least 4 members (excludes halogenated alkanes) is 8. The van der Waals surface area contributed by atoms with Gasteiger partial charge in [0.2, 0.25) is 0 Å². The lowest BCUT2D eigenvalue weighted by atomic mass is 9.97. The molecule has 130 valence electrons. The van der Waals surface area contributed by atoms with Crippen LogP contribution >= 0.6 is 0 Å². The molecule has 0 aromatic heterocycles. The van der Waals surface area contributed by atoms with E-state index in [9.17, 15) is 9.59 Å². The lowest BCUT2D eigenvalue weighted by molar-refractivity contribution is -0.156. The van der Waals surface area contributed by atoms with E-state index in [0.717, 1.165) is 12.8 Å². The van der Waals surface area contributed by atoms with Crippen molar-refractivity contribution in [2.24, 2.45) is 5.92 Å². The van der Waals surface area contributed by atoms with E-state index in [4.69, 9.17) is 9.84 Å². The van der Waals surface area contributed by atoms with Crippen molar-refractivity contribution in [2.45, 2.75) is 97.5 Å². The minimum absolute atomic E-state index is 0.122. The van der Waals surface area contributed by atoms with Gasteiger partial charge in [0.1, 0.15) is 0 Å². The van der Waals surface area contributed by atoms with Gasteiger partial charge in [-0.2, -0.15) is 0 Å². The zero-order valence-electron chi connectivity index (χ0n) is 14.6. The Morgan fingerprint density at radius 3 is 1.86 bits per heavy atom. The smallest absolute Gasteiger partial charge is 0.309 e. The van der Waals surface area contributed by atoms with Gasteiger partial charge in [0.05, 0.1) is 18.4 Å². The van der Waals surface area contributed by atoms with Gasteiger partial charge in [-0.15, -0.1) is 0 Å². The van der Waals surface area contributed by atoms with Gasteiger partial charge in [-0.1, -0.05) is 64.7 Å². The van der Waals surface area contributed by atoms with Gasteiger partial charge in [0.25, 0.3) is 0 Å². The number of carboxylic acids is 1. The van der Waals surface area contributed by atoms with Gasteiger partial charge in [0.15, 0.2) is 0 Å². The highest BCUT2D eigenvalue weighted by molar-refractivity contribution is 5.79. The first-order valence-electron chi connectivity index (χ1n) is 8.89. The van der Waals surface area contributed by atoms with Crippen molar-refractivity contribution < 1.29 is 19.4 Å². The minimum Gasteiger partial charge on any atom is -0.481 e. The van der Waals surface area contributed by atoms with Crippen molar-refractivity contribution in [3.63, 3.8) is 0 Å². The molecule has 0 radical (unpaired) electrons. The highest BCUT2D eigenvalue weighted by Gasteiger charge is 2.23. The van der Waals surface area contributed by atoms with Gasteiger partial charge < -0.3 is 9.84 Å². The summed E-state index contributed by atoms with van der Waals surface area (Å²) in [5, 5.41) is 8.90. The molecule has 1 atom stereocenters. The molecule has 0 saturated carbocycles. The Labute approximate surface area is 135 Å². The van der Waals surface area contributed by atoms with Crippen LogP contribution in [0.2, 0.25) is 0 Å². The van der Waals surface area contributed by atoms with Crippen LogP contribution in [0.4, 0.5) is 0 Å². The van der Waals surface area contributed by atoms with Crippen LogP contribution in [-0.4, -0.2) is 23.1 Å². The van der Waals surface area contributed by atoms with Crippen molar-refractivity contribution in [3.8, 4) is 0 Å². The lowest BCUT2D eigenvalue weighted by Crippen LogP contribution is -2.23. The van der Waals surface area contributed by atoms with Crippen molar-refractivity contribution in [3.05, 3.63) is 0 Å². The lowest BCUT2D eigenvalue weighted by Gasteiger charge is -2.16. The first-order valence-corrected chi connectivity index (χ1v) is 8.89. The highest BCUT2D eigenvalue weighted by Crippen LogP contribution is 2.18. The van der Waals surface area contributed by atoms with Gasteiger partial charge >= 0.3 is 11.9 Å². The molecule has 4 nitrogen and oxygen atoms in total. The van der Waals surface area contributed by atoms with Crippen LogP contribution in [0.1, 0.15) is 91.4 Å². The Kier molecular flexibility index (Phi) is 12.9. The number of hydrogen-bond acceptors (Lipinski definition) is 3. The fraction of sp³-hybridized carbons (Fsp3) is 0.889. The summed E-state index contributed by atoms with van der Waals surface area (Å²) >= 11 is 0. The molecule has 0 aliphatic heterocycles. The monoisotopic (exact) mass is 314 g/mol. The Morgan fingerprint density at radius 1 is 0.909 bits per heavy atom. The molecule has 0 bridgehead atoms. The molecule has 0 saturated heterocycles. The SMILES string of the molecule is CCCCCCCCCCCC(CC(=O)O)C(=O)OC(C)C. The van der Waals surface area contributed by atoms with Crippen LogP contribution in [0, 0.1) is 5.92 Å². The van der Waals surface area contributed by atoms with Crippen molar-refractivity contribution in [2.75, 3.05) is 0 Å². The van der Waals surface area contributed by atoms with Crippen LogP contribution < -0.4 is 0 Å².